The number of methoxy groups -OCH3 is 1. The largest absolute Gasteiger partial charge is 0.468 e. The van der Waals surface area contributed by atoms with Crippen molar-refractivity contribution < 1.29 is 19.1 Å². The van der Waals surface area contributed by atoms with Crippen LogP contribution in [0.3, 0.4) is 0 Å². The molecule has 2 atom stereocenters. The van der Waals surface area contributed by atoms with Gasteiger partial charge in [0.05, 0.1) is 12.4 Å². The van der Waals surface area contributed by atoms with Gasteiger partial charge in [-0.15, -0.1) is 12.4 Å². The summed E-state index contributed by atoms with van der Waals surface area (Å²) in [5, 5.41) is 2.48. The zero-order valence-corrected chi connectivity index (χ0v) is 18.1. The van der Waals surface area contributed by atoms with Crippen molar-refractivity contribution in [1.29, 1.82) is 0 Å². The second-order valence-electron chi connectivity index (χ2n) is 6.31. The number of benzene rings is 2. The molecule has 0 spiro atoms. The zero-order valence-electron chi connectivity index (χ0n) is 15.6. The molecule has 1 amide bonds. The summed E-state index contributed by atoms with van der Waals surface area (Å²) >= 11 is 6.40. The van der Waals surface area contributed by atoms with E-state index in [4.69, 9.17) is 22.7 Å². The number of thiocarbonyl (C=S) groups is 1. The molecule has 1 heterocycles. The Morgan fingerprint density at radius 2 is 1.69 bits per heavy atom. The Labute approximate surface area is 184 Å². The molecular weight excluding hydrogens is 432 g/mol. The summed E-state index contributed by atoms with van der Waals surface area (Å²) in [5.74, 6) is 0.902. The van der Waals surface area contributed by atoms with Gasteiger partial charge in [-0.3, -0.25) is 9.59 Å². The maximum Gasteiger partial charge on any atom is 0.322 e. The fourth-order valence-corrected chi connectivity index (χ4v) is 4.06. The summed E-state index contributed by atoms with van der Waals surface area (Å²) in [6.45, 7) is 0. The molecule has 1 fully saturated rings. The Morgan fingerprint density at radius 1 is 1.14 bits per heavy atom. The maximum atomic E-state index is 11.8. The van der Waals surface area contributed by atoms with Crippen molar-refractivity contribution in [3.63, 3.8) is 0 Å². The van der Waals surface area contributed by atoms with Gasteiger partial charge in [0.25, 0.3) is 0 Å². The number of amides is 1. The number of ether oxygens (including phenoxy) is 2. The van der Waals surface area contributed by atoms with E-state index in [1.54, 1.807) is 0 Å². The van der Waals surface area contributed by atoms with Crippen LogP contribution in [-0.4, -0.2) is 34.6 Å². The quantitative estimate of drug-likeness (QED) is 0.493. The maximum absolute atomic E-state index is 11.8. The highest BCUT2D eigenvalue weighted by Crippen LogP contribution is 2.26. The van der Waals surface area contributed by atoms with Crippen LogP contribution in [0.2, 0.25) is 0 Å². The van der Waals surface area contributed by atoms with Crippen molar-refractivity contribution in [2.45, 2.75) is 24.1 Å². The van der Waals surface area contributed by atoms with Crippen molar-refractivity contribution in [2.24, 2.45) is 5.73 Å². The highest BCUT2D eigenvalue weighted by atomic mass is 35.5. The molecule has 0 aliphatic carbocycles. The first-order chi connectivity index (χ1) is 13.4. The molecule has 154 valence electrons. The van der Waals surface area contributed by atoms with Gasteiger partial charge in [0, 0.05) is 0 Å². The number of rotatable bonds is 7. The second kappa shape index (κ2) is 10.6. The van der Waals surface area contributed by atoms with E-state index in [0.29, 0.717) is 28.7 Å². The van der Waals surface area contributed by atoms with Crippen molar-refractivity contribution in [2.75, 3.05) is 7.11 Å². The van der Waals surface area contributed by atoms with Gasteiger partial charge in [-0.2, -0.15) is 0 Å². The Balaban J connectivity index is 0.00000300. The van der Waals surface area contributed by atoms with Gasteiger partial charge in [0.2, 0.25) is 5.91 Å². The fourth-order valence-electron chi connectivity index (χ4n) is 2.75. The third-order valence-corrected chi connectivity index (χ3v) is 5.60. The summed E-state index contributed by atoms with van der Waals surface area (Å²) in [7, 11) is 1.32. The van der Waals surface area contributed by atoms with Gasteiger partial charge in [-0.05, 0) is 48.2 Å². The normalized spacial score (nSPS) is 16.6. The molecule has 1 unspecified atom stereocenters. The van der Waals surface area contributed by atoms with Crippen molar-refractivity contribution in [3.8, 4) is 11.5 Å². The topological polar surface area (TPSA) is 90.7 Å². The lowest BCUT2D eigenvalue weighted by atomic mass is 10.1. The number of carbonyl (C=O) groups is 2. The molecular formula is C20H21ClN2O4S2. The first-order valence-corrected chi connectivity index (χ1v) is 9.94. The van der Waals surface area contributed by atoms with E-state index in [1.165, 1.54) is 18.9 Å². The zero-order chi connectivity index (χ0) is 20.1. The van der Waals surface area contributed by atoms with Crippen LogP contribution >= 0.6 is 36.4 Å². The van der Waals surface area contributed by atoms with Gasteiger partial charge in [-0.25, -0.2) is 0 Å². The Kier molecular flexibility index (Phi) is 8.45. The van der Waals surface area contributed by atoms with E-state index in [2.05, 4.69) is 10.1 Å². The molecule has 1 saturated heterocycles. The van der Waals surface area contributed by atoms with Crippen molar-refractivity contribution in [1.82, 2.24) is 5.32 Å². The Hall–Kier alpha value is -2.13. The first kappa shape index (κ1) is 23.2. The number of esters is 1. The number of thioether (sulfide) groups is 1. The number of nitrogens with one attached hydrogen (secondary N) is 1. The summed E-state index contributed by atoms with van der Waals surface area (Å²) in [4.78, 5) is 23.2. The standard InChI is InChI=1S/C20H20N2O4S2.ClH/c1-25-19(24)16(21)10-12-2-6-14(7-3-12)26-15-8-4-13(5-9-15)11-17-18(23)22-20(27)28-17;/h2-9,16-17H,10-11,21H2,1H3,(H,22,23,27);1H/t16-,17?;/m0./s1. The van der Waals surface area contributed by atoms with Gasteiger partial charge in [0.15, 0.2) is 0 Å². The van der Waals surface area contributed by atoms with Crippen LogP contribution in [0.4, 0.5) is 0 Å². The number of hydrogen-bond donors (Lipinski definition) is 2. The van der Waals surface area contributed by atoms with Gasteiger partial charge in [0.1, 0.15) is 21.9 Å². The number of halogens is 1. The number of carbonyl (C=O) groups excluding carboxylic acids is 2. The summed E-state index contributed by atoms with van der Waals surface area (Å²) in [6.07, 6.45) is 1.02. The van der Waals surface area contributed by atoms with Crippen LogP contribution in [0, 0.1) is 0 Å². The third kappa shape index (κ3) is 6.43. The molecule has 6 nitrogen and oxygen atoms in total. The minimum Gasteiger partial charge on any atom is -0.468 e. The van der Waals surface area contributed by atoms with E-state index in [1.807, 2.05) is 48.5 Å². The van der Waals surface area contributed by atoms with Crippen LogP contribution < -0.4 is 15.8 Å². The van der Waals surface area contributed by atoms with Crippen LogP contribution in [0.5, 0.6) is 11.5 Å². The van der Waals surface area contributed by atoms with Crippen LogP contribution in [0.25, 0.3) is 0 Å². The van der Waals surface area contributed by atoms with Crippen molar-refractivity contribution >= 4 is 52.6 Å². The second-order valence-corrected chi connectivity index (χ2v) is 8.19. The monoisotopic (exact) mass is 452 g/mol. The van der Waals surface area contributed by atoms with Crippen molar-refractivity contribution in [3.05, 3.63) is 59.7 Å². The molecule has 3 rings (SSSR count). The van der Waals surface area contributed by atoms with Crippen LogP contribution in [0.15, 0.2) is 48.5 Å². The highest BCUT2D eigenvalue weighted by Gasteiger charge is 2.28. The van der Waals surface area contributed by atoms with E-state index in [0.717, 1.165) is 11.1 Å². The molecule has 9 heteroatoms. The first-order valence-electron chi connectivity index (χ1n) is 8.65. The Morgan fingerprint density at radius 3 is 2.17 bits per heavy atom. The smallest absolute Gasteiger partial charge is 0.322 e. The van der Waals surface area contributed by atoms with Crippen LogP contribution in [0.1, 0.15) is 11.1 Å². The fraction of sp³-hybridized carbons (Fsp3) is 0.250. The SMILES string of the molecule is COC(=O)[C@@H](N)Cc1ccc(Oc2ccc(CC3SC(=S)NC3=O)cc2)cc1.Cl. The average molecular weight is 453 g/mol. The predicted molar refractivity (Wildman–Crippen MR) is 120 cm³/mol. The molecule has 2 aromatic rings. The molecule has 3 N–H and O–H groups in total. The lowest BCUT2D eigenvalue weighted by Crippen LogP contribution is -2.33. The highest BCUT2D eigenvalue weighted by molar-refractivity contribution is 8.24. The van der Waals surface area contributed by atoms with E-state index in [-0.39, 0.29) is 23.6 Å². The van der Waals surface area contributed by atoms with E-state index >= 15 is 0 Å². The third-order valence-electron chi connectivity index (χ3n) is 4.23. The lowest BCUT2D eigenvalue weighted by molar-refractivity contribution is -0.142. The van der Waals surface area contributed by atoms with Crippen LogP contribution in [-0.2, 0) is 27.2 Å². The lowest BCUT2D eigenvalue weighted by Gasteiger charge is -2.11. The molecule has 29 heavy (non-hydrogen) atoms. The molecule has 0 radical (unpaired) electrons. The van der Waals surface area contributed by atoms with E-state index < -0.39 is 12.0 Å². The number of hydrogen-bond acceptors (Lipinski definition) is 7. The molecule has 2 aromatic carbocycles. The minimum absolute atomic E-state index is 0. The molecule has 1 aliphatic rings. The van der Waals surface area contributed by atoms with Gasteiger partial charge < -0.3 is 20.5 Å². The predicted octanol–water partition coefficient (Wildman–Crippen LogP) is 3.00. The summed E-state index contributed by atoms with van der Waals surface area (Å²) < 4.78 is 11.0. The summed E-state index contributed by atoms with van der Waals surface area (Å²) in [6, 6.07) is 14.3. The summed E-state index contributed by atoms with van der Waals surface area (Å²) in [5.41, 5.74) is 7.73. The minimum atomic E-state index is -0.682. The average Bonchev–Trinajstić information content (AvgIpc) is 3.01. The van der Waals surface area contributed by atoms with Gasteiger partial charge in [-0.1, -0.05) is 48.2 Å². The van der Waals surface area contributed by atoms with Gasteiger partial charge >= 0.3 is 5.97 Å². The molecule has 0 saturated carbocycles. The molecule has 1 aliphatic heterocycles. The number of nitrogens with two attached hydrogens (primary N) is 1. The Bertz CT molecular complexity index is 875. The molecule has 0 bridgehead atoms. The van der Waals surface area contributed by atoms with E-state index in [9.17, 15) is 9.59 Å². The molecule has 0 aromatic heterocycles.